The van der Waals surface area contributed by atoms with Crippen molar-refractivity contribution in [1.29, 1.82) is 0 Å². The molecule has 3 aromatic rings. The van der Waals surface area contributed by atoms with Gasteiger partial charge in [0.25, 0.3) is 0 Å². The number of aromatic nitrogens is 5. The lowest BCUT2D eigenvalue weighted by atomic mass is 10.4. The van der Waals surface area contributed by atoms with Crippen molar-refractivity contribution in [3.8, 4) is 0 Å². The van der Waals surface area contributed by atoms with Gasteiger partial charge >= 0.3 is 0 Å². The van der Waals surface area contributed by atoms with Crippen LogP contribution in [0.15, 0.2) is 35.2 Å². The molecule has 0 spiro atoms. The number of aryl methyl sites for hydroxylation is 2. The standard InChI is InChI=1S/C12H12BrN5S/c13-9-7-10-11(14-8-9)18(12(19)16-10)6-2-5-17-4-1-3-15-17/h1,3-4,7-8H,2,5-6H2,(H,16,19). The van der Waals surface area contributed by atoms with Gasteiger partial charge in [-0.25, -0.2) is 4.98 Å². The summed E-state index contributed by atoms with van der Waals surface area (Å²) < 4.78 is 5.60. The van der Waals surface area contributed by atoms with Crippen LogP contribution in [0.2, 0.25) is 0 Å². The van der Waals surface area contributed by atoms with Crippen molar-refractivity contribution in [2.45, 2.75) is 19.5 Å². The predicted molar refractivity (Wildman–Crippen MR) is 79.5 cm³/mol. The molecule has 0 unspecified atom stereocenters. The largest absolute Gasteiger partial charge is 0.329 e. The minimum absolute atomic E-state index is 0.709. The third-order valence-electron chi connectivity index (χ3n) is 2.90. The molecule has 3 rings (SSSR count). The van der Waals surface area contributed by atoms with Crippen molar-refractivity contribution in [3.63, 3.8) is 0 Å². The topological polar surface area (TPSA) is 51.4 Å². The Kier molecular flexibility index (Phi) is 3.48. The van der Waals surface area contributed by atoms with E-state index in [4.69, 9.17) is 12.2 Å². The molecule has 0 aromatic carbocycles. The minimum Gasteiger partial charge on any atom is -0.329 e. The van der Waals surface area contributed by atoms with E-state index in [0.717, 1.165) is 35.1 Å². The Labute approximate surface area is 123 Å². The summed E-state index contributed by atoms with van der Waals surface area (Å²) in [6.07, 6.45) is 6.50. The fourth-order valence-electron chi connectivity index (χ4n) is 2.05. The molecule has 0 aliphatic carbocycles. The van der Waals surface area contributed by atoms with Crippen LogP contribution < -0.4 is 0 Å². The second-order valence-electron chi connectivity index (χ2n) is 4.23. The highest BCUT2D eigenvalue weighted by Crippen LogP contribution is 2.17. The minimum atomic E-state index is 0.709. The molecule has 0 bridgehead atoms. The molecule has 0 aliphatic heterocycles. The van der Waals surface area contributed by atoms with E-state index in [2.05, 4.69) is 31.0 Å². The average molecular weight is 338 g/mol. The van der Waals surface area contributed by atoms with E-state index in [1.165, 1.54) is 0 Å². The number of rotatable bonds is 4. The quantitative estimate of drug-likeness (QED) is 0.744. The van der Waals surface area contributed by atoms with Gasteiger partial charge in [-0.2, -0.15) is 5.10 Å². The molecule has 0 atom stereocenters. The van der Waals surface area contributed by atoms with Gasteiger partial charge in [-0.05, 0) is 46.7 Å². The second-order valence-corrected chi connectivity index (χ2v) is 5.53. The van der Waals surface area contributed by atoms with E-state index in [1.807, 2.05) is 27.6 Å². The number of pyridine rings is 1. The molecule has 0 amide bonds. The zero-order valence-electron chi connectivity index (χ0n) is 10.1. The fourth-order valence-corrected chi connectivity index (χ4v) is 2.67. The number of aromatic amines is 1. The first-order chi connectivity index (χ1) is 9.24. The van der Waals surface area contributed by atoms with E-state index in [0.29, 0.717) is 4.77 Å². The first-order valence-electron chi connectivity index (χ1n) is 5.95. The summed E-state index contributed by atoms with van der Waals surface area (Å²) in [5.41, 5.74) is 1.85. The zero-order valence-corrected chi connectivity index (χ0v) is 12.5. The SMILES string of the molecule is S=c1[nH]c2cc(Br)cnc2n1CCCn1cccn1. The fraction of sp³-hybridized carbons (Fsp3) is 0.250. The molecule has 0 saturated heterocycles. The Balaban J connectivity index is 1.80. The molecule has 98 valence electrons. The molecule has 0 aliphatic rings. The van der Waals surface area contributed by atoms with Crippen LogP contribution in [0.25, 0.3) is 11.2 Å². The summed E-state index contributed by atoms with van der Waals surface area (Å²) in [5, 5.41) is 4.18. The number of fused-ring (bicyclic) bond motifs is 1. The lowest BCUT2D eigenvalue weighted by Crippen LogP contribution is -2.05. The molecule has 5 nitrogen and oxygen atoms in total. The molecule has 19 heavy (non-hydrogen) atoms. The van der Waals surface area contributed by atoms with Gasteiger partial charge in [-0.3, -0.25) is 4.68 Å². The van der Waals surface area contributed by atoms with Crippen LogP contribution in [0.4, 0.5) is 0 Å². The number of H-pyrrole nitrogens is 1. The Bertz CT molecular complexity index is 743. The molecular weight excluding hydrogens is 326 g/mol. The van der Waals surface area contributed by atoms with E-state index in [9.17, 15) is 0 Å². The highest BCUT2D eigenvalue weighted by atomic mass is 79.9. The van der Waals surface area contributed by atoms with Gasteiger partial charge < -0.3 is 9.55 Å². The number of imidazole rings is 1. The molecule has 7 heteroatoms. The van der Waals surface area contributed by atoms with E-state index < -0.39 is 0 Å². The van der Waals surface area contributed by atoms with Crippen LogP contribution in [-0.2, 0) is 13.1 Å². The first-order valence-corrected chi connectivity index (χ1v) is 7.15. The molecule has 1 N–H and O–H groups in total. The summed E-state index contributed by atoms with van der Waals surface area (Å²) >= 11 is 8.75. The summed E-state index contributed by atoms with van der Waals surface area (Å²) in [5.74, 6) is 0. The van der Waals surface area contributed by atoms with Crippen LogP contribution >= 0.6 is 28.1 Å². The Morgan fingerprint density at radius 2 is 2.26 bits per heavy atom. The molecule has 3 heterocycles. The van der Waals surface area contributed by atoms with Gasteiger partial charge in [-0.15, -0.1) is 0 Å². The molecule has 0 saturated carbocycles. The number of halogens is 1. The molecule has 0 fully saturated rings. The van der Waals surface area contributed by atoms with Crippen LogP contribution in [0.1, 0.15) is 6.42 Å². The van der Waals surface area contributed by atoms with Crippen LogP contribution in [0, 0.1) is 4.77 Å². The Morgan fingerprint density at radius 1 is 1.37 bits per heavy atom. The van der Waals surface area contributed by atoms with Gasteiger partial charge in [0.05, 0.1) is 5.52 Å². The van der Waals surface area contributed by atoms with Crippen molar-refractivity contribution in [2.75, 3.05) is 0 Å². The van der Waals surface area contributed by atoms with Crippen LogP contribution in [0.5, 0.6) is 0 Å². The monoisotopic (exact) mass is 337 g/mol. The van der Waals surface area contributed by atoms with Crippen molar-refractivity contribution in [1.82, 2.24) is 24.3 Å². The first kappa shape index (κ1) is 12.6. The summed E-state index contributed by atoms with van der Waals surface area (Å²) in [6.45, 7) is 1.70. The summed E-state index contributed by atoms with van der Waals surface area (Å²) in [4.78, 5) is 7.59. The van der Waals surface area contributed by atoms with Gasteiger partial charge in [0.1, 0.15) is 0 Å². The van der Waals surface area contributed by atoms with Crippen molar-refractivity contribution < 1.29 is 0 Å². The van der Waals surface area contributed by atoms with Gasteiger partial charge in [-0.1, -0.05) is 0 Å². The Morgan fingerprint density at radius 3 is 3.05 bits per heavy atom. The number of nitrogens with one attached hydrogen (secondary N) is 1. The Hall–Kier alpha value is -1.47. The predicted octanol–water partition coefficient (Wildman–Crippen LogP) is 3.14. The van der Waals surface area contributed by atoms with E-state index in [1.54, 1.807) is 12.4 Å². The van der Waals surface area contributed by atoms with Crippen molar-refractivity contribution in [2.24, 2.45) is 0 Å². The van der Waals surface area contributed by atoms with Crippen molar-refractivity contribution >= 4 is 39.3 Å². The molecule has 0 radical (unpaired) electrons. The van der Waals surface area contributed by atoms with Crippen molar-refractivity contribution in [3.05, 3.63) is 40.0 Å². The summed E-state index contributed by atoms with van der Waals surface area (Å²) in [6, 6.07) is 3.92. The van der Waals surface area contributed by atoms with Gasteiger partial charge in [0, 0.05) is 36.2 Å². The normalized spacial score (nSPS) is 11.2. The number of nitrogens with zero attached hydrogens (tertiary/aromatic N) is 4. The second kappa shape index (κ2) is 5.26. The van der Waals surface area contributed by atoms with Crippen LogP contribution in [-0.4, -0.2) is 24.3 Å². The summed E-state index contributed by atoms with van der Waals surface area (Å²) in [7, 11) is 0. The van der Waals surface area contributed by atoms with Crippen LogP contribution in [0.3, 0.4) is 0 Å². The van der Waals surface area contributed by atoms with E-state index >= 15 is 0 Å². The maximum Gasteiger partial charge on any atom is 0.179 e. The van der Waals surface area contributed by atoms with Gasteiger partial charge in [0.2, 0.25) is 0 Å². The average Bonchev–Trinajstić information content (AvgIpc) is 2.98. The lowest BCUT2D eigenvalue weighted by Gasteiger charge is -2.04. The molecular formula is C12H12BrN5S. The number of hydrogen-bond donors (Lipinski definition) is 1. The third-order valence-corrected chi connectivity index (χ3v) is 3.66. The maximum atomic E-state index is 5.34. The van der Waals surface area contributed by atoms with Gasteiger partial charge in [0.15, 0.2) is 10.4 Å². The van der Waals surface area contributed by atoms with E-state index in [-0.39, 0.29) is 0 Å². The third kappa shape index (κ3) is 2.62. The lowest BCUT2D eigenvalue weighted by molar-refractivity contribution is 0.529. The molecule has 3 aromatic heterocycles. The zero-order chi connectivity index (χ0) is 13.2. The highest BCUT2D eigenvalue weighted by Gasteiger charge is 2.06. The highest BCUT2D eigenvalue weighted by molar-refractivity contribution is 9.10. The number of hydrogen-bond acceptors (Lipinski definition) is 3. The smallest absolute Gasteiger partial charge is 0.179 e. The maximum absolute atomic E-state index is 5.34.